The second-order valence-corrected chi connectivity index (χ2v) is 7.35. The maximum Gasteiger partial charge on any atom is 0.145 e. The first kappa shape index (κ1) is 16.5. The molecule has 0 radical (unpaired) electrons. The molecule has 1 aromatic heterocycles. The number of nitrogens with one attached hydrogen (secondary N) is 1. The molecule has 0 fully saturated rings. The Morgan fingerprint density at radius 1 is 1.29 bits per heavy atom. The molecular weight excluding hydrogens is 360 g/mol. The zero-order valence-electron chi connectivity index (χ0n) is 12.2. The number of aromatic nitrogens is 2. The lowest BCUT2D eigenvalue weighted by atomic mass is 9.88. The Kier molecular flexibility index (Phi) is 4.75. The third kappa shape index (κ3) is 3.14. The van der Waals surface area contributed by atoms with E-state index < -0.39 is 17.7 Å². The van der Waals surface area contributed by atoms with Crippen LogP contribution >= 0.6 is 27.5 Å². The summed E-state index contributed by atoms with van der Waals surface area (Å²) in [6.07, 6.45) is 0. The summed E-state index contributed by atoms with van der Waals surface area (Å²) < 4.78 is 32.7. The minimum absolute atomic E-state index is 0.0246. The van der Waals surface area contributed by atoms with Crippen molar-refractivity contribution in [2.75, 3.05) is 7.05 Å². The Bertz CT molecular complexity index is 652. The van der Waals surface area contributed by atoms with Crippen molar-refractivity contribution in [1.29, 1.82) is 0 Å². The van der Waals surface area contributed by atoms with Crippen LogP contribution in [-0.2, 0) is 5.41 Å². The number of hydrogen-bond acceptors (Lipinski definition) is 4. The first-order chi connectivity index (χ1) is 9.77. The van der Waals surface area contributed by atoms with E-state index in [4.69, 9.17) is 0 Å². The van der Waals surface area contributed by atoms with E-state index in [9.17, 15) is 8.78 Å². The minimum atomic E-state index is -0.628. The van der Waals surface area contributed by atoms with Crippen molar-refractivity contribution in [3.05, 3.63) is 44.4 Å². The molecule has 0 spiro atoms. The normalized spacial score (nSPS) is 13.5. The van der Waals surface area contributed by atoms with Crippen LogP contribution in [0, 0.1) is 11.6 Å². The molecule has 1 N–H and O–H groups in total. The van der Waals surface area contributed by atoms with Crippen LogP contribution in [-0.4, -0.2) is 16.6 Å². The van der Waals surface area contributed by atoms with Gasteiger partial charge in [0, 0.05) is 11.0 Å². The average molecular weight is 376 g/mol. The van der Waals surface area contributed by atoms with Crippen LogP contribution in [0.5, 0.6) is 0 Å². The maximum absolute atomic E-state index is 14.4. The number of rotatable bonds is 3. The number of hydrogen-bond donors (Lipinski definition) is 1. The second kappa shape index (κ2) is 6.06. The lowest BCUT2D eigenvalue weighted by Crippen LogP contribution is -2.24. The average Bonchev–Trinajstić information content (AvgIpc) is 2.88. The molecule has 1 heterocycles. The predicted octanol–water partition coefficient (Wildman–Crippen LogP) is 4.19. The van der Waals surface area contributed by atoms with Gasteiger partial charge in [-0.3, -0.25) is 0 Å². The highest BCUT2D eigenvalue weighted by atomic mass is 79.9. The van der Waals surface area contributed by atoms with Gasteiger partial charge in [0.15, 0.2) is 0 Å². The largest absolute Gasteiger partial charge is 0.308 e. The van der Waals surface area contributed by atoms with Gasteiger partial charge >= 0.3 is 0 Å². The van der Waals surface area contributed by atoms with Gasteiger partial charge in [0.2, 0.25) is 0 Å². The van der Waals surface area contributed by atoms with Gasteiger partial charge in [-0.25, -0.2) is 8.78 Å². The summed E-state index contributed by atoms with van der Waals surface area (Å²) in [5.41, 5.74) is 0.463. The van der Waals surface area contributed by atoms with E-state index >= 15 is 0 Å². The molecule has 2 rings (SSSR count). The minimum Gasteiger partial charge on any atom is -0.308 e. The van der Waals surface area contributed by atoms with Gasteiger partial charge in [-0.1, -0.05) is 25.3 Å². The molecule has 114 valence electrons. The number of nitrogens with zero attached hydrogens (tertiary/aromatic N) is 2. The topological polar surface area (TPSA) is 37.8 Å². The molecule has 0 saturated heterocycles. The van der Waals surface area contributed by atoms with Gasteiger partial charge in [-0.15, -0.1) is 5.10 Å². The van der Waals surface area contributed by atoms with E-state index in [2.05, 4.69) is 30.8 Å². The standard InChI is InChI=1S/C14H16BrF2N3S/c1-14(2,3)13-12(21-20-19-13)11(18-4)9-8(16)6-5-7(15)10(9)17/h5-6,11,18H,1-4H3. The highest BCUT2D eigenvalue weighted by molar-refractivity contribution is 9.10. The molecule has 0 aliphatic rings. The van der Waals surface area contributed by atoms with Gasteiger partial charge in [0.05, 0.1) is 21.1 Å². The fraction of sp³-hybridized carbons (Fsp3) is 0.429. The van der Waals surface area contributed by atoms with Crippen molar-refractivity contribution in [3.63, 3.8) is 0 Å². The fourth-order valence-electron chi connectivity index (χ4n) is 2.12. The second-order valence-electron chi connectivity index (χ2n) is 5.71. The number of halogens is 3. The van der Waals surface area contributed by atoms with Crippen LogP contribution in [0.1, 0.15) is 42.9 Å². The Morgan fingerprint density at radius 2 is 1.95 bits per heavy atom. The molecule has 0 bridgehead atoms. The van der Waals surface area contributed by atoms with Crippen molar-refractivity contribution in [3.8, 4) is 0 Å². The van der Waals surface area contributed by atoms with E-state index in [1.54, 1.807) is 7.05 Å². The molecule has 0 saturated carbocycles. The van der Waals surface area contributed by atoms with Crippen LogP contribution < -0.4 is 5.32 Å². The summed E-state index contributed by atoms with van der Waals surface area (Å²) in [4.78, 5) is 0.723. The fourth-order valence-corrected chi connectivity index (χ4v) is 3.45. The van der Waals surface area contributed by atoms with Crippen molar-refractivity contribution in [2.45, 2.75) is 32.2 Å². The van der Waals surface area contributed by atoms with Crippen molar-refractivity contribution < 1.29 is 8.78 Å². The van der Waals surface area contributed by atoms with Crippen molar-refractivity contribution >= 4 is 27.5 Å². The van der Waals surface area contributed by atoms with E-state index in [-0.39, 0.29) is 15.5 Å². The third-order valence-electron chi connectivity index (χ3n) is 3.14. The van der Waals surface area contributed by atoms with Crippen LogP contribution in [0.25, 0.3) is 0 Å². The Balaban J connectivity index is 2.62. The van der Waals surface area contributed by atoms with Crippen LogP contribution in [0.4, 0.5) is 8.78 Å². The van der Waals surface area contributed by atoms with Crippen LogP contribution in [0.15, 0.2) is 16.6 Å². The monoisotopic (exact) mass is 375 g/mol. The summed E-state index contributed by atoms with van der Waals surface area (Å²) in [5, 5.41) is 7.11. The van der Waals surface area contributed by atoms with Gasteiger partial charge in [-0.2, -0.15) is 0 Å². The van der Waals surface area contributed by atoms with E-state index in [0.29, 0.717) is 0 Å². The highest BCUT2D eigenvalue weighted by Crippen LogP contribution is 2.36. The summed E-state index contributed by atoms with van der Waals surface area (Å²) >= 11 is 4.26. The van der Waals surface area contributed by atoms with Crippen molar-refractivity contribution in [2.24, 2.45) is 0 Å². The molecule has 2 aromatic rings. The molecule has 21 heavy (non-hydrogen) atoms. The van der Waals surface area contributed by atoms with Crippen molar-refractivity contribution in [1.82, 2.24) is 14.9 Å². The zero-order chi connectivity index (χ0) is 15.8. The summed E-state index contributed by atoms with van der Waals surface area (Å²) in [7, 11) is 1.66. The first-order valence-corrected chi connectivity index (χ1v) is 7.97. The SMILES string of the molecule is CNC(c1snnc1C(C)(C)C)c1c(F)ccc(Br)c1F. The maximum atomic E-state index is 14.4. The molecule has 1 unspecified atom stereocenters. The zero-order valence-corrected chi connectivity index (χ0v) is 14.6. The van der Waals surface area contributed by atoms with E-state index in [1.165, 1.54) is 12.1 Å². The quantitative estimate of drug-likeness (QED) is 0.817. The van der Waals surface area contributed by atoms with Crippen LogP contribution in [0.3, 0.4) is 0 Å². The van der Waals surface area contributed by atoms with E-state index in [1.807, 2.05) is 20.8 Å². The molecular formula is C14H16BrF2N3S. The molecule has 1 aromatic carbocycles. The number of benzene rings is 1. The Morgan fingerprint density at radius 3 is 2.52 bits per heavy atom. The third-order valence-corrected chi connectivity index (χ3v) is 4.54. The molecule has 0 aliphatic heterocycles. The van der Waals surface area contributed by atoms with Gasteiger partial charge in [0.1, 0.15) is 11.6 Å². The van der Waals surface area contributed by atoms with Gasteiger partial charge in [-0.05, 0) is 46.6 Å². The lowest BCUT2D eigenvalue weighted by molar-refractivity contribution is 0.508. The molecule has 1 atom stereocenters. The molecule has 7 heteroatoms. The first-order valence-electron chi connectivity index (χ1n) is 6.40. The molecule has 0 aliphatic carbocycles. The van der Waals surface area contributed by atoms with Crippen LogP contribution in [0.2, 0.25) is 0 Å². The van der Waals surface area contributed by atoms with Gasteiger partial charge < -0.3 is 5.32 Å². The molecule has 0 amide bonds. The smallest absolute Gasteiger partial charge is 0.145 e. The summed E-state index contributed by atoms with van der Waals surface area (Å²) in [6, 6.07) is 1.98. The Labute approximate surface area is 135 Å². The molecule has 3 nitrogen and oxygen atoms in total. The lowest BCUT2D eigenvalue weighted by Gasteiger charge is -2.22. The Hall–Kier alpha value is -0.920. The highest BCUT2D eigenvalue weighted by Gasteiger charge is 2.31. The van der Waals surface area contributed by atoms with E-state index in [0.717, 1.165) is 22.1 Å². The summed E-state index contributed by atoms with van der Waals surface area (Å²) in [6.45, 7) is 5.98. The summed E-state index contributed by atoms with van der Waals surface area (Å²) in [5.74, 6) is -1.20. The predicted molar refractivity (Wildman–Crippen MR) is 83.6 cm³/mol. The van der Waals surface area contributed by atoms with Gasteiger partial charge in [0.25, 0.3) is 0 Å².